The van der Waals surface area contributed by atoms with Crippen LogP contribution in [0.2, 0.25) is 0 Å². The molecule has 2 N–H and O–H groups in total. The summed E-state index contributed by atoms with van der Waals surface area (Å²) in [5.74, 6) is 2.60. The van der Waals surface area contributed by atoms with Gasteiger partial charge < -0.3 is 10.6 Å². The van der Waals surface area contributed by atoms with E-state index in [0.29, 0.717) is 0 Å². The van der Waals surface area contributed by atoms with E-state index in [9.17, 15) is 0 Å². The Morgan fingerprint density at radius 2 is 2.14 bits per heavy atom. The second kappa shape index (κ2) is 8.51. The van der Waals surface area contributed by atoms with Crippen LogP contribution in [-0.2, 0) is 6.42 Å². The summed E-state index contributed by atoms with van der Waals surface area (Å²) < 4.78 is 0. The lowest BCUT2D eigenvalue weighted by Crippen LogP contribution is -2.41. The lowest BCUT2D eigenvalue weighted by Gasteiger charge is -2.27. The van der Waals surface area contributed by atoms with E-state index in [4.69, 9.17) is 0 Å². The van der Waals surface area contributed by atoms with Crippen molar-refractivity contribution in [2.75, 3.05) is 20.1 Å². The maximum atomic E-state index is 4.58. The number of hydrogen-bond donors (Lipinski definition) is 2. The lowest BCUT2D eigenvalue weighted by atomic mass is 9.82. The number of aromatic nitrogens is 1. The summed E-state index contributed by atoms with van der Waals surface area (Å²) in [7, 11) is 1.84. The van der Waals surface area contributed by atoms with Gasteiger partial charge in [-0.15, -0.1) is 11.3 Å². The van der Waals surface area contributed by atoms with Crippen LogP contribution in [0.4, 0.5) is 0 Å². The molecule has 5 heteroatoms. The van der Waals surface area contributed by atoms with Crippen molar-refractivity contribution in [2.24, 2.45) is 16.8 Å². The van der Waals surface area contributed by atoms with Crippen molar-refractivity contribution in [3.8, 4) is 0 Å². The van der Waals surface area contributed by atoms with Crippen LogP contribution in [0.5, 0.6) is 0 Å². The summed E-state index contributed by atoms with van der Waals surface area (Å²) in [6.45, 7) is 8.51. The number of nitrogens with one attached hydrogen (secondary N) is 2. The number of guanidine groups is 1. The second-order valence-corrected chi connectivity index (χ2v) is 7.80. The molecule has 2 unspecified atom stereocenters. The molecule has 4 nitrogen and oxygen atoms in total. The molecule has 0 saturated heterocycles. The van der Waals surface area contributed by atoms with Crippen LogP contribution in [0.3, 0.4) is 0 Å². The second-order valence-electron chi connectivity index (χ2n) is 6.52. The fourth-order valence-electron chi connectivity index (χ4n) is 3.14. The van der Waals surface area contributed by atoms with Crippen LogP contribution in [-0.4, -0.2) is 31.1 Å². The Hall–Kier alpha value is -1.10. The zero-order valence-electron chi connectivity index (χ0n) is 14.4. The van der Waals surface area contributed by atoms with Crippen molar-refractivity contribution in [1.82, 2.24) is 15.6 Å². The molecule has 0 aromatic carbocycles. The van der Waals surface area contributed by atoms with E-state index in [1.54, 1.807) is 11.3 Å². The number of nitrogens with zero attached hydrogens (tertiary/aromatic N) is 2. The highest BCUT2D eigenvalue weighted by molar-refractivity contribution is 7.11. The predicted molar refractivity (Wildman–Crippen MR) is 95.8 cm³/mol. The van der Waals surface area contributed by atoms with Gasteiger partial charge in [-0.05, 0) is 38.5 Å². The summed E-state index contributed by atoms with van der Waals surface area (Å²) in [6.07, 6.45) is 6.44. The molecule has 22 heavy (non-hydrogen) atoms. The summed E-state index contributed by atoms with van der Waals surface area (Å²) in [5.41, 5.74) is 1.16. The van der Waals surface area contributed by atoms with Gasteiger partial charge in [0.15, 0.2) is 5.96 Å². The highest BCUT2D eigenvalue weighted by Gasteiger charge is 2.18. The molecule has 2 rings (SSSR count). The minimum absolute atomic E-state index is 0.798. The summed E-state index contributed by atoms with van der Waals surface area (Å²) in [4.78, 5) is 10.2. The Morgan fingerprint density at radius 1 is 1.32 bits per heavy atom. The Kier molecular flexibility index (Phi) is 6.68. The first kappa shape index (κ1) is 17.3. The van der Waals surface area contributed by atoms with Gasteiger partial charge >= 0.3 is 0 Å². The van der Waals surface area contributed by atoms with Crippen molar-refractivity contribution in [1.29, 1.82) is 0 Å². The van der Waals surface area contributed by atoms with Crippen molar-refractivity contribution in [2.45, 2.75) is 52.9 Å². The first-order valence-corrected chi connectivity index (χ1v) is 9.27. The molecule has 0 aliphatic heterocycles. The smallest absolute Gasteiger partial charge is 0.190 e. The number of aryl methyl sites for hydroxylation is 2. The normalized spacial score (nSPS) is 22.6. The van der Waals surface area contributed by atoms with E-state index in [1.165, 1.54) is 35.6 Å². The Labute approximate surface area is 138 Å². The molecule has 0 amide bonds. The SMILES string of the molecule is CN=C(NCCc1nc(C)c(C)s1)NCC1CCCC(C)C1. The first-order chi connectivity index (χ1) is 10.6. The largest absolute Gasteiger partial charge is 0.356 e. The van der Waals surface area contributed by atoms with Gasteiger partial charge in [-0.3, -0.25) is 4.99 Å². The average molecular weight is 323 g/mol. The summed E-state index contributed by atoms with van der Waals surface area (Å²) >= 11 is 1.80. The van der Waals surface area contributed by atoms with E-state index >= 15 is 0 Å². The molecule has 0 radical (unpaired) electrons. The number of thiazole rings is 1. The van der Waals surface area contributed by atoms with Crippen molar-refractivity contribution in [3.63, 3.8) is 0 Å². The molecule has 1 aromatic rings. The topological polar surface area (TPSA) is 49.3 Å². The molecule has 1 saturated carbocycles. The molecule has 1 aliphatic rings. The van der Waals surface area contributed by atoms with Gasteiger partial charge in [-0.25, -0.2) is 4.98 Å². The number of aliphatic imine (C=N–C) groups is 1. The van der Waals surface area contributed by atoms with E-state index in [2.05, 4.69) is 41.4 Å². The van der Waals surface area contributed by atoms with Crippen molar-refractivity contribution >= 4 is 17.3 Å². The zero-order valence-corrected chi connectivity index (χ0v) is 15.2. The van der Waals surface area contributed by atoms with E-state index in [1.807, 2.05) is 7.05 Å². The average Bonchev–Trinajstić information content (AvgIpc) is 2.81. The summed E-state index contributed by atoms with van der Waals surface area (Å²) in [5, 5.41) is 8.09. The molecule has 2 atom stereocenters. The standard InChI is InChI=1S/C17H30N4S/c1-12-6-5-7-15(10-12)11-20-17(18-4)19-9-8-16-21-13(2)14(3)22-16/h12,15H,5-11H2,1-4H3,(H2,18,19,20). The maximum Gasteiger partial charge on any atom is 0.190 e. The Morgan fingerprint density at radius 3 is 2.77 bits per heavy atom. The van der Waals surface area contributed by atoms with Gasteiger partial charge in [-0.1, -0.05) is 19.8 Å². The van der Waals surface area contributed by atoms with Crippen molar-refractivity contribution in [3.05, 3.63) is 15.6 Å². The van der Waals surface area contributed by atoms with Gasteiger partial charge in [-0.2, -0.15) is 0 Å². The van der Waals surface area contributed by atoms with E-state index in [0.717, 1.165) is 43.0 Å². The fourth-order valence-corrected chi connectivity index (χ4v) is 4.07. The van der Waals surface area contributed by atoms with E-state index in [-0.39, 0.29) is 0 Å². The number of hydrogen-bond acceptors (Lipinski definition) is 3. The Bertz CT molecular complexity index is 475. The summed E-state index contributed by atoms with van der Waals surface area (Å²) in [6, 6.07) is 0. The third-order valence-electron chi connectivity index (χ3n) is 4.53. The highest BCUT2D eigenvalue weighted by Crippen LogP contribution is 2.27. The van der Waals surface area contributed by atoms with Crippen LogP contribution in [0, 0.1) is 25.7 Å². The molecule has 1 aromatic heterocycles. The van der Waals surface area contributed by atoms with Gasteiger partial charge in [0.05, 0.1) is 10.7 Å². The van der Waals surface area contributed by atoms with E-state index < -0.39 is 0 Å². The van der Waals surface area contributed by atoms with Crippen LogP contribution in [0.15, 0.2) is 4.99 Å². The molecule has 1 aliphatic carbocycles. The van der Waals surface area contributed by atoms with Crippen LogP contribution >= 0.6 is 11.3 Å². The molecular weight excluding hydrogens is 292 g/mol. The molecule has 0 spiro atoms. The van der Waals surface area contributed by atoms with Crippen molar-refractivity contribution < 1.29 is 0 Å². The van der Waals surface area contributed by atoms with Crippen LogP contribution in [0.1, 0.15) is 48.2 Å². The maximum absolute atomic E-state index is 4.58. The van der Waals surface area contributed by atoms with Crippen LogP contribution in [0.25, 0.3) is 0 Å². The molecule has 124 valence electrons. The van der Waals surface area contributed by atoms with Gasteiger partial charge in [0.1, 0.15) is 0 Å². The predicted octanol–water partition coefficient (Wildman–Crippen LogP) is 3.29. The quantitative estimate of drug-likeness (QED) is 0.646. The minimum atomic E-state index is 0.798. The van der Waals surface area contributed by atoms with Gasteiger partial charge in [0, 0.05) is 31.4 Å². The van der Waals surface area contributed by atoms with Gasteiger partial charge in [0.25, 0.3) is 0 Å². The Balaban J connectivity index is 1.68. The minimum Gasteiger partial charge on any atom is -0.356 e. The molecule has 0 bridgehead atoms. The lowest BCUT2D eigenvalue weighted by molar-refractivity contribution is 0.282. The monoisotopic (exact) mass is 322 g/mol. The fraction of sp³-hybridized carbons (Fsp3) is 0.765. The first-order valence-electron chi connectivity index (χ1n) is 8.46. The molecule has 1 heterocycles. The third-order valence-corrected chi connectivity index (χ3v) is 5.66. The number of rotatable bonds is 5. The zero-order chi connectivity index (χ0) is 15.9. The molecular formula is C17H30N4S. The highest BCUT2D eigenvalue weighted by atomic mass is 32.1. The molecule has 1 fully saturated rings. The van der Waals surface area contributed by atoms with Crippen LogP contribution < -0.4 is 10.6 Å². The third kappa shape index (κ3) is 5.27. The van der Waals surface area contributed by atoms with Gasteiger partial charge in [0.2, 0.25) is 0 Å².